The Morgan fingerprint density at radius 2 is 1.86 bits per heavy atom. The van der Waals surface area contributed by atoms with Gasteiger partial charge in [-0.05, 0) is 43.4 Å². The second-order valence-corrected chi connectivity index (χ2v) is 8.49. The summed E-state index contributed by atoms with van der Waals surface area (Å²) >= 11 is 3.07. The maximum Gasteiger partial charge on any atom is 0.322 e. The van der Waals surface area contributed by atoms with Crippen molar-refractivity contribution >= 4 is 40.7 Å². The number of hydrogen-bond acceptors (Lipinski definition) is 5. The van der Waals surface area contributed by atoms with E-state index in [0.29, 0.717) is 25.3 Å². The van der Waals surface area contributed by atoms with E-state index < -0.39 is 0 Å². The molecule has 2 aromatic rings. The minimum Gasteiger partial charge on any atom is -0.351 e. The van der Waals surface area contributed by atoms with Gasteiger partial charge in [0, 0.05) is 29.1 Å². The van der Waals surface area contributed by atoms with Gasteiger partial charge in [-0.3, -0.25) is 4.79 Å². The Balaban J connectivity index is 2.00. The standard InChI is InChI=1S/C21H30N4O2S2/c1-4-6-12-22-20(26)18-15-29-19(24-18)14-25(13-7-5-2)21(27)23-16-8-10-17(28-3)11-9-16/h8-11,15H,4-7,12-14H2,1-3H3,(H,22,26)(H,23,27). The summed E-state index contributed by atoms with van der Waals surface area (Å²) in [6.07, 6.45) is 5.91. The maximum absolute atomic E-state index is 12.8. The fourth-order valence-corrected chi connectivity index (χ4v) is 3.80. The number of thioether (sulfide) groups is 1. The second kappa shape index (κ2) is 12.5. The number of urea groups is 1. The number of thiazole rings is 1. The summed E-state index contributed by atoms with van der Waals surface area (Å²) in [5.74, 6) is -0.153. The lowest BCUT2D eigenvalue weighted by Crippen LogP contribution is -2.35. The van der Waals surface area contributed by atoms with Gasteiger partial charge in [0.25, 0.3) is 5.91 Å². The number of rotatable bonds is 11. The zero-order valence-electron chi connectivity index (χ0n) is 17.4. The molecule has 0 saturated heterocycles. The lowest BCUT2D eigenvalue weighted by atomic mass is 10.3. The Bertz CT molecular complexity index is 777. The Labute approximate surface area is 181 Å². The molecule has 3 amide bonds. The summed E-state index contributed by atoms with van der Waals surface area (Å²) in [5.41, 5.74) is 1.19. The van der Waals surface area contributed by atoms with E-state index in [1.807, 2.05) is 30.5 Å². The highest BCUT2D eigenvalue weighted by Crippen LogP contribution is 2.19. The van der Waals surface area contributed by atoms with Gasteiger partial charge in [0.05, 0.1) is 6.54 Å². The van der Waals surface area contributed by atoms with Crippen LogP contribution < -0.4 is 10.6 Å². The SMILES string of the molecule is CCCCNC(=O)c1csc(CN(CCCC)C(=O)Nc2ccc(SC)cc2)n1. The molecule has 0 bridgehead atoms. The van der Waals surface area contributed by atoms with E-state index in [-0.39, 0.29) is 11.9 Å². The van der Waals surface area contributed by atoms with E-state index >= 15 is 0 Å². The molecule has 0 atom stereocenters. The van der Waals surface area contributed by atoms with Crippen molar-refractivity contribution < 1.29 is 9.59 Å². The third-order valence-electron chi connectivity index (χ3n) is 4.34. The first-order chi connectivity index (χ1) is 14.1. The average Bonchev–Trinajstić information content (AvgIpc) is 3.20. The van der Waals surface area contributed by atoms with Crippen molar-refractivity contribution in [3.8, 4) is 0 Å². The highest BCUT2D eigenvalue weighted by atomic mass is 32.2. The third kappa shape index (κ3) is 7.70. The van der Waals surface area contributed by atoms with E-state index in [1.165, 1.54) is 11.3 Å². The first-order valence-corrected chi connectivity index (χ1v) is 12.1. The van der Waals surface area contributed by atoms with Crippen molar-refractivity contribution in [2.45, 2.75) is 51.0 Å². The fraction of sp³-hybridized carbons (Fsp3) is 0.476. The first kappa shape index (κ1) is 23.2. The van der Waals surface area contributed by atoms with Crippen molar-refractivity contribution in [1.82, 2.24) is 15.2 Å². The molecule has 2 N–H and O–H groups in total. The molecule has 0 spiro atoms. The van der Waals surface area contributed by atoms with Crippen molar-refractivity contribution in [2.24, 2.45) is 0 Å². The number of anilines is 1. The molecule has 29 heavy (non-hydrogen) atoms. The number of nitrogens with one attached hydrogen (secondary N) is 2. The number of hydrogen-bond donors (Lipinski definition) is 2. The normalized spacial score (nSPS) is 10.6. The molecular formula is C21H30N4O2S2. The summed E-state index contributed by atoms with van der Waals surface area (Å²) in [6.45, 7) is 5.87. The largest absolute Gasteiger partial charge is 0.351 e. The summed E-state index contributed by atoms with van der Waals surface area (Å²) in [5, 5.41) is 8.35. The van der Waals surface area contributed by atoms with Crippen LogP contribution in [0, 0.1) is 0 Å². The highest BCUT2D eigenvalue weighted by Gasteiger charge is 2.17. The van der Waals surface area contributed by atoms with E-state index in [1.54, 1.807) is 22.0 Å². The van der Waals surface area contributed by atoms with E-state index in [2.05, 4.69) is 29.5 Å². The van der Waals surface area contributed by atoms with Gasteiger partial charge in [-0.1, -0.05) is 26.7 Å². The lowest BCUT2D eigenvalue weighted by molar-refractivity contribution is 0.0948. The van der Waals surface area contributed by atoms with Crippen LogP contribution in [0.15, 0.2) is 34.5 Å². The van der Waals surface area contributed by atoms with Crippen LogP contribution in [0.25, 0.3) is 0 Å². The second-order valence-electron chi connectivity index (χ2n) is 6.67. The molecule has 6 nitrogen and oxygen atoms in total. The smallest absolute Gasteiger partial charge is 0.322 e. The van der Waals surface area contributed by atoms with Crippen molar-refractivity contribution in [3.05, 3.63) is 40.3 Å². The van der Waals surface area contributed by atoms with E-state index in [0.717, 1.165) is 41.3 Å². The minimum atomic E-state index is -0.153. The molecule has 0 aliphatic heterocycles. The first-order valence-electron chi connectivity index (χ1n) is 10.00. The van der Waals surface area contributed by atoms with Crippen LogP contribution in [0.4, 0.5) is 10.5 Å². The van der Waals surface area contributed by atoms with Crippen LogP contribution in [0.2, 0.25) is 0 Å². The average molecular weight is 435 g/mol. The fourth-order valence-electron chi connectivity index (χ4n) is 2.60. The van der Waals surface area contributed by atoms with Crippen LogP contribution in [-0.4, -0.2) is 41.2 Å². The lowest BCUT2D eigenvalue weighted by Gasteiger charge is -2.22. The van der Waals surface area contributed by atoms with Crippen molar-refractivity contribution in [1.29, 1.82) is 0 Å². The van der Waals surface area contributed by atoms with Gasteiger partial charge in [-0.15, -0.1) is 23.1 Å². The number of unbranched alkanes of at least 4 members (excludes halogenated alkanes) is 2. The van der Waals surface area contributed by atoms with Gasteiger partial charge in [0.2, 0.25) is 0 Å². The van der Waals surface area contributed by atoms with Crippen LogP contribution in [0.5, 0.6) is 0 Å². The summed E-state index contributed by atoms with van der Waals surface area (Å²) in [4.78, 5) is 32.3. The third-order valence-corrected chi connectivity index (χ3v) is 5.91. The Kier molecular flexibility index (Phi) is 10.0. The molecule has 0 fully saturated rings. The Hall–Kier alpha value is -2.06. The number of benzene rings is 1. The van der Waals surface area contributed by atoms with Gasteiger partial charge in [0.15, 0.2) is 0 Å². The summed E-state index contributed by atoms with van der Waals surface area (Å²) in [6, 6.07) is 7.63. The van der Waals surface area contributed by atoms with Gasteiger partial charge < -0.3 is 15.5 Å². The van der Waals surface area contributed by atoms with Gasteiger partial charge in [0.1, 0.15) is 10.7 Å². The van der Waals surface area contributed by atoms with E-state index in [9.17, 15) is 9.59 Å². The molecule has 158 valence electrons. The Morgan fingerprint density at radius 1 is 1.14 bits per heavy atom. The van der Waals surface area contributed by atoms with Crippen molar-refractivity contribution in [3.63, 3.8) is 0 Å². The zero-order valence-corrected chi connectivity index (χ0v) is 19.0. The van der Waals surface area contributed by atoms with Crippen LogP contribution in [0.1, 0.15) is 55.0 Å². The molecule has 1 aromatic heterocycles. The Morgan fingerprint density at radius 3 is 2.52 bits per heavy atom. The minimum absolute atomic E-state index is 0.153. The molecule has 0 radical (unpaired) electrons. The number of carbonyl (C=O) groups excluding carboxylic acids is 2. The van der Waals surface area contributed by atoms with Crippen LogP contribution in [-0.2, 0) is 6.54 Å². The molecule has 1 heterocycles. The van der Waals surface area contributed by atoms with Gasteiger partial charge in [-0.25, -0.2) is 9.78 Å². The van der Waals surface area contributed by atoms with Gasteiger partial charge >= 0.3 is 6.03 Å². The van der Waals surface area contributed by atoms with E-state index in [4.69, 9.17) is 0 Å². The molecule has 0 aliphatic rings. The predicted molar refractivity (Wildman–Crippen MR) is 122 cm³/mol. The molecule has 0 aliphatic carbocycles. The molecule has 1 aromatic carbocycles. The van der Waals surface area contributed by atoms with Crippen LogP contribution in [0.3, 0.4) is 0 Å². The quantitative estimate of drug-likeness (QED) is 0.375. The highest BCUT2D eigenvalue weighted by molar-refractivity contribution is 7.98. The topological polar surface area (TPSA) is 74.3 Å². The predicted octanol–water partition coefficient (Wildman–Crippen LogP) is 5.23. The number of aromatic nitrogens is 1. The molecule has 0 unspecified atom stereocenters. The monoisotopic (exact) mass is 434 g/mol. The maximum atomic E-state index is 12.8. The molecule has 0 saturated carbocycles. The molecular weight excluding hydrogens is 404 g/mol. The summed E-state index contributed by atoms with van der Waals surface area (Å²) < 4.78 is 0. The number of carbonyl (C=O) groups is 2. The zero-order chi connectivity index (χ0) is 21.1. The van der Waals surface area contributed by atoms with Crippen LogP contribution >= 0.6 is 23.1 Å². The van der Waals surface area contributed by atoms with Gasteiger partial charge in [-0.2, -0.15) is 0 Å². The number of nitrogens with zero attached hydrogens (tertiary/aromatic N) is 2. The number of amides is 3. The van der Waals surface area contributed by atoms with Crippen molar-refractivity contribution in [2.75, 3.05) is 24.7 Å². The molecule has 2 rings (SSSR count). The summed E-state index contributed by atoms with van der Waals surface area (Å²) in [7, 11) is 0. The molecule has 8 heteroatoms.